The number of benzene rings is 1. The third-order valence-electron chi connectivity index (χ3n) is 5.63. The molecule has 0 unspecified atom stereocenters. The standard InChI is InChI=1S/C20H24N2O3/c1-3-5-12-10-15(12)19(23)22-9-8-17-16(11-22)13-6-4-7-14(18(13)21-17)20(24)25-2/h4,6-7,12,15,21H,3,5,8-11H2,1-2H3/t12-,15-/m1/s1. The predicted octanol–water partition coefficient (Wildman–Crippen LogP) is 3.28. The summed E-state index contributed by atoms with van der Waals surface area (Å²) < 4.78 is 4.89. The Bertz CT molecular complexity index is 839. The van der Waals surface area contributed by atoms with E-state index >= 15 is 0 Å². The van der Waals surface area contributed by atoms with Gasteiger partial charge in [0, 0.05) is 42.1 Å². The minimum Gasteiger partial charge on any atom is -0.465 e. The van der Waals surface area contributed by atoms with E-state index in [1.165, 1.54) is 7.11 Å². The zero-order valence-corrected chi connectivity index (χ0v) is 14.8. The summed E-state index contributed by atoms with van der Waals surface area (Å²) in [5.74, 6) is 0.796. The van der Waals surface area contributed by atoms with E-state index in [9.17, 15) is 9.59 Å². The normalized spacial score (nSPS) is 21.9. The fourth-order valence-corrected chi connectivity index (χ4v) is 4.18. The molecule has 0 bridgehead atoms. The number of H-pyrrole nitrogens is 1. The summed E-state index contributed by atoms with van der Waals surface area (Å²) in [6.45, 7) is 3.56. The minimum atomic E-state index is -0.336. The van der Waals surface area contributed by atoms with Crippen molar-refractivity contribution in [3.05, 3.63) is 35.0 Å². The number of ether oxygens (including phenoxy) is 1. The van der Waals surface area contributed by atoms with E-state index in [0.717, 1.165) is 54.4 Å². The molecular formula is C20H24N2O3. The van der Waals surface area contributed by atoms with Crippen molar-refractivity contribution in [2.45, 2.75) is 39.2 Å². The quantitative estimate of drug-likeness (QED) is 0.869. The molecule has 1 aliphatic heterocycles. The van der Waals surface area contributed by atoms with Crippen LogP contribution in [0.4, 0.5) is 0 Å². The number of aromatic nitrogens is 1. The number of esters is 1. The molecule has 4 rings (SSSR count). The number of aromatic amines is 1. The molecule has 0 saturated heterocycles. The topological polar surface area (TPSA) is 62.4 Å². The highest BCUT2D eigenvalue weighted by atomic mass is 16.5. The Kier molecular flexibility index (Phi) is 4.02. The van der Waals surface area contributed by atoms with Gasteiger partial charge in [0.25, 0.3) is 0 Å². The predicted molar refractivity (Wildman–Crippen MR) is 95.3 cm³/mol. The number of carbonyl (C=O) groups is 2. The van der Waals surface area contributed by atoms with Crippen LogP contribution in [-0.2, 0) is 22.5 Å². The Hall–Kier alpha value is -2.30. The van der Waals surface area contributed by atoms with Crippen molar-refractivity contribution in [1.29, 1.82) is 0 Å². The monoisotopic (exact) mass is 340 g/mol. The number of para-hydroxylation sites is 1. The molecule has 2 atom stereocenters. The van der Waals surface area contributed by atoms with Gasteiger partial charge in [-0.05, 0) is 24.8 Å². The SMILES string of the molecule is CCC[C@@H]1C[C@H]1C(=O)N1CCc2[nH]c3c(C(=O)OC)cccc3c2C1. The number of nitrogens with zero attached hydrogens (tertiary/aromatic N) is 1. The minimum absolute atomic E-state index is 0.234. The maximum atomic E-state index is 12.8. The molecule has 1 N–H and O–H groups in total. The first kappa shape index (κ1) is 16.2. The first-order valence-corrected chi connectivity index (χ1v) is 9.13. The van der Waals surface area contributed by atoms with E-state index in [-0.39, 0.29) is 11.9 Å². The van der Waals surface area contributed by atoms with Gasteiger partial charge >= 0.3 is 5.97 Å². The number of fused-ring (bicyclic) bond motifs is 3. The smallest absolute Gasteiger partial charge is 0.339 e. The Balaban J connectivity index is 1.61. The first-order chi connectivity index (χ1) is 12.1. The molecule has 0 spiro atoms. The second kappa shape index (κ2) is 6.21. The van der Waals surface area contributed by atoms with Crippen molar-refractivity contribution >= 4 is 22.8 Å². The third-order valence-corrected chi connectivity index (χ3v) is 5.63. The average molecular weight is 340 g/mol. The Morgan fingerprint density at radius 1 is 1.36 bits per heavy atom. The van der Waals surface area contributed by atoms with Crippen LogP contribution >= 0.6 is 0 Å². The van der Waals surface area contributed by atoms with Crippen LogP contribution in [-0.4, -0.2) is 35.4 Å². The van der Waals surface area contributed by atoms with Gasteiger partial charge in [-0.15, -0.1) is 0 Å². The van der Waals surface area contributed by atoms with Crippen molar-refractivity contribution in [3.8, 4) is 0 Å². The zero-order valence-electron chi connectivity index (χ0n) is 14.8. The van der Waals surface area contributed by atoms with Crippen molar-refractivity contribution in [2.24, 2.45) is 11.8 Å². The van der Waals surface area contributed by atoms with E-state index in [1.807, 2.05) is 17.0 Å². The second-order valence-corrected chi connectivity index (χ2v) is 7.20. The van der Waals surface area contributed by atoms with Crippen LogP contribution in [0.5, 0.6) is 0 Å². The molecule has 1 amide bonds. The van der Waals surface area contributed by atoms with Crippen molar-refractivity contribution in [1.82, 2.24) is 9.88 Å². The molecule has 1 fully saturated rings. The number of hydrogen-bond acceptors (Lipinski definition) is 3. The number of methoxy groups -OCH3 is 1. The number of rotatable bonds is 4. The van der Waals surface area contributed by atoms with Gasteiger partial charge in [0.05, 0.1) is 18.2 Å². The maximum Gasteiger partial charge on any atom is 0.339 e. The lowest BCUT2D eigenvalue weighted by Gasteiger charge is -2.27. The van der Waals surface area contributed by atoms with Gasteiger partial charge in [-0.2, -0.15) is 0 Å². The molecule has 1 aromatic carbocycles. The van der Waals surface area contributed by atoms with Gasteiger partial charge < -0.3 is 14.6 Å². The van der Waals surface area contributed by atoms with E-state index < -0.39 is 0 Å². The number of nitrogens with one attached hydrogen (secondary N) is 1. The number of amides is 1. The Labute approximate surface area is 147 Å². The molecule has 0 radical (unpaired) electrons. The van der Waals surface area contributed by atoms with Crippen LogP contribution in [0.15, 0.2) is 18.2 Å². The van der Waals surface area contributed by atoms with Gasteiger partial charge in [-0.3, -0.25) is 4.79 Å². The summed E-state index contributed by atoms with van der Waals surface area (Å²) in [6, 6.07) is 5.67. The number of hydrogen-bond donors (Lipinski definition) is 1. The summed E-state index contributed by atoms with van der Waals surface area (Å²) >= 11 is 0. The van der Waals surface area contributed by atoms with Crippen LogP contribution in [0.1, 0.15) is 47.8 Å². The highest BCUT2D eigenvalue weighted by Gasteiger charge is 2.44. The van der Waals surface area contributed by atoms with Crippen LogP contribution < -0.4 is 0 Å². The highest BCUT2D eigenvalue weighted by Crippen LogP contribution is 2.44. The molecule has 25 heavy (non-hydrogen) atoms. The third kappa shape index (κ3) is 2.71. The molecule has 1 saturated carbocycles. The molecule has 2 aromatic rings. The van der Waals surface area contributed by atoms with Gasteiger partial charge in [-0.25, -0.2) is 4.79 Å². The van der Waals surface area contributed by atoms with Gasteiger partial charge in [0.15, 0.2) is 0 Å². The van der Waals surface area contributed by atoms with Gasteiger partial charge in [-0.1, -0.05) is 25.5 Å². The fourth-order valence-electron chi connectivity index (χ4n) is 4.18. The van der Waals surface area contributed by atoms with Crippen LogP contribution in [0.2, 0.25) is 0 Å². The van der Waals surface area contributed by atoms with E-state index in [2.05, 4.69) is 11.9 Å². The molecule has 2 heterocycles. The van der Waals surface area contributed by atoms with E-state index in [4.69, 9.17) is 4.74 Å². The van der Waals surface area contributed by atoms with Gasteiger partial charge in [0.1, 0.15) is 0 Å². The Morgan fingerprint density at radius 3 is 2.96 bits per heavy atom. The van der Waals surface area contributed by atoms with Crippen molar-refractivity contribution < 1.29 is 14.3 Å². The summed E-state index contributed by atoms with van der Waals surface area (Å²) in [5, 5.41) is 1.02. The first-order valence-electron chi connectivity index (χ1n) is 9.13. The fraction of sp³-hybridized carbons (Fsp3) is 0.500. The summed E-state index contributed by atoms with van der Waals surface area (Å²) in [5.41, 5.74) is 3.66. The summed E-state index contributed by atoms with van der Waals surface area (Å²) in [4.78, 5) is 30.2. The maximum absolute atomic E-state index is 12.8. The summed E-state index contributed by atoms with van der Waals surface area (Å²) in [7, 11) is 1.40. The molecule has 1 aliphatic carbocycles. The number of carbonyl (C=O) groups excluding carboxylic acids is 2. The lowest BCUT2D eigenvalue weighted by Crippen LogP contribution is -2.37. The van der Waals surface area contributed by atoms with E-state index in [0.29, 0.717) is 23.9 Å². The Morgan fingerprint density at radius 2 is 2.20 bits per heavy atom. The molecule has 1 aromatic heterocycles. The van der Waals surface area contributed by atoms with Gasteiger partial charge in [0.2, 0.25) is 5.91 Å². The van der Waals surface area contributed by atoms with Crippen molar-refractivity contribution in [2.75, 3.05) is 13.7 Å². The zero-order chi connectivity index (χ0) is 17.6. The molecule has 5 nitrogen and oxygen atoms in total. The molecule has 2 aliphatic rings. The van der Waals surface area contributed by atoms with E-state index in [1.54, 1.807) is 6.07 Å². The largest absolute Gasteiger partial charge is 0.465 e. The van der Waals surface area contributed by atoms with Crippen LogP contribution in [0.3, 0.4) is 0 Å². The van der Waals surface area contributed by atoms with Crippen LogP contribution in [0.25, 0.3) is 10.9 Å². The molecule has 132 valence electrons. The summed E-state index contributed by atoms with van der Waals surface area (Å²) in [6.07, 6.45) is 4.17. The second-order valence-electron chi connectivity index (χ2n) is 7.20. The van der Waals surface area contributed by atoms with Crippen molar-refractivity contribution in [3.63, 3.8) is 0 Å². The molecule has 5 heteroatoms. The molecular weight excluding hydrogens is 316 g/mol. The average Bonchev–Trinajstić information content (AvgIpc) is 3.30. The lowest BCUT2D eigenvalue weighted by atomic mass is 10.0. The lowest BCUT2D eigenvalue weighted by molar-refractivity contribution is -0.133. The highest BCUT2D eigenvalue weighted by molar-refractivity contribution is 6.04. The van der Waals surface area contributed by atoms with Crippen LogP contribution in [0, 0.1) is 11.8 Å².